The van der Waals surface area contributed by atoms with Gasteiger partial charge in [-0.2, -0.15) is 0 Å². The first kappa shape index (κ1) is 17.1. The van der Waals surface area contributed by atoms with E-state index in [1.165, 1.54) is 0 Å². The van der Waals surface area contributed by atoms with E-state index in [9.17, 15) is 4.79 Å². The Morgan fingerprint density at radius 3 is 2.79 bits per heavy atom. The second-order valence-electron chi connectivity index (χ2n) is 6.48. The second kappa shape index (κ2) is 7.03. The van der Waals surface area contributed by atoms with E-state index >= 15 is 0 Å². The number of nitrogens with zero attached hydrogens (tertiary/aromatic N) is 2. The van der Waals surface area contributed by atoms with Gasteiger partial charge in [-0.25, -0.2) is 0 Å². The van der Waals surface area contributed by atoms with E-state index in [0.29, 0.717) is 28.2 Å². The molecule has 2 aromatic rings. The molecule has 1 aliphatic rings. The van der Waals surface area contributed by atoms with Crippen LogP contribution >= 0.6 is 11.6 Å². The van der Waals surface area contributed by atoms with Crippen LogP contribution < -0.4 is 4.74 Å². The minimum Gasteiger partial charge on any atom is -0.493 e. The molecule has 1 aliphatic heterocycles. The predicted molar refractivity (Wildman–Crippen MR) is 95.0 cm³/mol. The standard InChI is InChI=1S/C18H23ClN2O3/c1-20(2)14-5-4-7-21(8-6-14)18(22)16-10-12-9-13(19)11-15(23-3)17(12)24-16/h9-11,14H,4-8H2,1-3H3/t14-/m1/s1. The first-order chi connectivity index (χ1) is 11.5. The fourth-order valence-electron chi connectivity index (χ4n) is 3.30. The maximum absolute atomic E-state index is 12.8. The first-order valence-corrected chi connectivity index (χ1v) is 8.60. The molecule has 1 aromatic heterocycles. The maximum atomic E-state index is 12.8. The number of carbonyl (C=O) groups excluding carboxylic acids is 1. The largest absolute Gasteiger partial charge is 0.493 e. The minimum absolute atomic E-state index is 0.0659. The zero-order chi connectivity index (χ0) is 17.3. The molecule has 1 amide bonds. The van der Waals surface area contributed by atoms with Crippen LogP contribution in [0.1, 0.15) is 29.8 Å². The minimum atomic E-state index is -0.0659. The number of benzene rings is 1. The molecule has 1 saturated heterocycles. The van der Waals surface area contributed by atoms with Crippen molar-refractivity contribution in [2.75, 3.05) is 34.3 Å². The lowest BCUT2D eigenvalue weighted by Crippen LogP contribution is -2.33. The van der Waals surface area contributed by atoms with Gasteiger partial charge in [-0.3, -0.25) is 4.79 Å². The Hall–Kier alpha value is -1.72. The highest BCUT2D eigenvalue weighted by Gasteiger charge is 2.25. The molecule has 0 saturated carbocycles. The topological polar surface area (TPSA) is 45.9 Å². The number of furan rings is 1. The van der Waals surface area contributed by atoms with E-state index < -0.39 is 0 Å². The van der Waals surface area contributed by atoms with Gasteiger partial charge in [-0.15, -0.1) is 0 Å². The molecule has 1 atom stereocenters. The molecular formula is C18H23ClN2O3. The summed E-state index contributed by atoms with van der Waals surface area (Å²) >= 11 is 6.09. The predicted octanol–water partition coefficient (Wildman–Crippen LogP) is 3.65. The Morgan fingerprint density at radius 1 is 1.29 bits per heavy atom. The monoisotopic (exact) mass is 350 g/mol. The number of carbonyl (C=O) groups is 1. The number of likely N-dealkylation sites (tertiary alicyclic amines) is 1. The normalized spacial score (nSPS) is 18.9. The van der Waals surface area contributed by atoms with Crippen LogP contribution in [0.3, 0.4) is 0 Å². The van der Waals surface area contributed by atoms with Gasteiger partial charge in [-0.1, -0.05) is 11.6 Å². The van der Waals surface area contributed by atoms with Crippen LogP contribution in [0, 0.1) is 0 Å². The molecule has 3 rings (SSSR count). The van der Waals surface area contributed by atoms with E-state index in [4.69, 9.17) is 20.8 Å². The van der Waals surface area contributed by atoms with Gasteiger partial charge < -0.3 is 19.0 Å². The number of amides is 1. The summed E-state index contributed by atoms with van der Waals surface area (Å²) in [4.78, 5) is 17.0. The highest BCUT2D eigenvalue weighted by Crippen LogP contribution is 2.33. The van der Waals surface area contributed by atoms with Crippen molar-refractivity contribution < 1.29 is 13.9 Å². The van der Waals surface area contributed by atoms with Gasteiger partial charge in [-0.05, 0) is 45.5 Å². The number of fused-ring (bicyclic) bond motifs is 1. The number of hydrogen-bond donors (Lipinski definition) is 0. The summed E-state index contributed by atoms with van der Waals surface area (Å²) in [7, 11) is 5.75. The van der Waals surface area contributed by atoms with Crippen molar-refractivity contribution in [2.45, 2.75) is 25.3 Å². The molecule has 0 bridgehead atoms. The summed E-state index contributed by atoms with van der Waals surface area (Å²) in [6, 6.07) is 5.75. The van der Waals surface area contributed by atoms with Gasteiger partial charge in [0.2, 0.25) is 0 Å². The van der Waals surface area contributed by atoms with Crippen molar-refractivity contribution in [1.29, 1.82) is 0 Å². The molecule has 0 spiro atoms. The van der Waals surface area contributed by atoms with Crippen molar-refractivity contribution in [2.24, 2.45) is 0 Å². The Morgan fingerprint density at radius 2 is 2.08 bits per heavy atom. The third kappa shape index (κ3) is 3.37. The van der Waals surface area contributed by atoms with Crippen LogP contribution in [0.5, 0.6) is 5.75 Å². The van der Waals surface area contributed by atoms with E-state index in [1.54, 1.807) is 25.3 Å². The summed E-state index contributed by atoms with van der Waals surface area (Å²) in [5.41, 5.74) is 0.561. The molecule has 24 heavy (non-hydrogen) atoms. The molecule has 130 valence electrons. The van der Waals surface area contributed by atoms with Gasteiger partial charge in [0.15, 0.2) is 17.1 Å². The number of ether oxygens (including phenoxy) is 1. The van der Waals surface area contributed by atoms with Gasteiger partial charge in [0.05, 0.1) is 7.11 Å². The molecule has 0 N–H and O–H groups in total. The van der Waals surface area contributed by atoms with E-state index in [-0.39, 0.29) is 5.91 Å². The molecule has 5 nitrogen and oxygen atoms in total. The smallest absolute Gasteiger partial charge is 0.289 e. The van der Waals surface area contributed by atoms with Gasteiger partial charge in [0.1, 0.15) is 0 Å². The van der Waals surface area contributed by atoms with Crippen molar-refractivity contribution in [3.63, 3.8) is 0 Å². The van der Waals surface area contributed by atoms with Crippen LogP contribution in [0.25, 0.3) is 11.0 Å². The fraction of sp³-hybridized carbons (Fsp3) is 0.500. The number of hydrogen-bond acceptors (Lipinski definition) is 4. The molecule has 0 radical (unpaired) electrons. The quantitative estimate of drug-likeness (QED) is 0.847. The van der Waals surface area contributed by atoms with Crippen LogP contribution in [0.2, 0.25) is 5.02 Å². The van der Waals surface area contributed by atoms with Crippen molar-refractivity contribution in [3.8, 4) is 5.75 Å². The highest BCUT2D eigenvalue weighted by atomic mass is 35.5. The SMILES string of the molecule is COc1cc(Cl)cc2cc(C(=O)N3CCC[C@@H](N(C)C)CC3)oc12. The molecule has 0 unspecified atom stereocenters. The lowest BCUT2D eigenvalue weighted by molar-refractivity contribution is 0.0729. The van der Waals surface area contributed by atoms with Crippen molar-refractivity contribution in [1.82, 2.24) is 9.80 Å². The van der Waals surface area contributed by atoms with Gasteiger partial charge in [0.25, 0.3) is 5.91 Å². The van der Waals surface area contributed by atoms with Gasteiger partial charge >= 0.3 is 0 Å². The van der Waals surface area contributed by atoms with E-state index in [2.05, 4.69) is 19.0 Å². The zero-order valence-corrected chi connectivity index (χ0v) is 15.1. The second-order valence-corrected chi connectivity index (χ2v) is 6.91. The zero-order valence-electron chi connectivity index (χ0n) is 14.3. The van der Waals surface area contributed by atoms with Crippen molar-refractivity contribution in [3.05, 3.63) is 29.0 Å². The summed E-state index contributed by atoms with van der Waals surface area (Å²) < 4.78 is 11.1. The molecule has 2 heterocycles. The Kier molecular flexibility index (Phi) is 5.01. The van der Waals surface area contributed by atoms with Crippen LogP contribution in [0.4, 0.5) is 0 Å². The third-order valence-corrected chi connectivity index (χ3v) is 4.91. The summed E-state index contributed by atoms with van der Waals surface area (Å²) in [5, 5.41) is 1.34. The Bertz CT molecular complexity index is 741. The molecule has 1 fully saturated rings. The molecule has 0 aliphatic carbocycles. The fourth-order valence-corrected chi connectivity index (χ4v) is 3.51. The number of halogens is 1. The maximum Gasteiger partial charge on any atom is 0.289 e. The van der Waals surface area contributed by atoms with Crippen molar-refractivity contribution >= 4 is 28.5 Å². The third-order valence-electron chi connectivity index (χ3n) is 4.69. The van der Waals surface area contributed by atoms with E-state index in [1.807, 2.05) is 4.90 Å². The average molecular weight is 351 g/mol. The Labute approximate surface area is 147 Å². The van der Waals surface area contributed by atoms with Crippen LogP contribution in [-0.4, -0.2) is 56.0 Å². The van der Waals surface area contributed by atoms with E-state index in [0.717, 1.165) is 37.7 Å². The summed E-state index contributed by atoms with van der Waals surface area (Å²) in [6.45, 7) is 1.51. The lowest BCUT2D eigenvalue weighted by atomic mass is 10.1. The number of methoxy groups -OCH3 is 1. The molecular weight excluding hydrogens is 328 g/mol. The van der Waals surface area contributed by atoms with Crippen LogP contribution in [0.15, 0.2) is 22.6 Å². The van der Waals surface area contributed by atoms with Crippen LogP contribution in [-0.2, 0) is 0 Å². The van der Waals surface area contributed by atoms with Gasteiger partial charge in [0, 0.05) is 35.6 Å². The summed E-state index contributed by atoms with van der Waals surface area (Å²) in [5.74, 6) is 0.817. The summed E-state index contributed by atoms with van der Waals surface area (Å²) in [6.07, 6.45) is 3.10. The lowest BCUT2D eigenvalue weighted by Gasteiger charge is -2.23. The average Bonchev–Trinajstić information content (AvgIpc) is 2.81. The Balaban J connectivity index is 1.83. The highest BCUT2D eigenvalue weighted by molar-refractivity contribution is 6.31. The molecule has 6 heteroatoms. The first-order valence-electron chi connectivity index (χ1n) is 8.22. The molecule has 1 aromatic carbocycles. The number of rotatable bonds is 3.